The van der Waals surface area contributed by atoms with Gasteiger partial charge in [-0.1, -0.05) is 25.8 Å². The largest absolute Gasteiger partial charge is 0.458 e. The van der Waals surface area contributed by atoms with Gasteiger partial charge in [-0.2, -0.15) is 0 Å². The van der Waals surface area contributed by atoms with Gasteiger partial charge in [0.2, 0.25) is 5.91 Å². The average Bonchev–Trinajstić information content (AvgIpc) is 2.37. The number of amides is 1. The van der Waals surface area contributed by atoms with Crippen molar-refractivity contribution in [2.24, 2.45) is 0 Å². The van der Waals surface area contributed by atoms with Crippen molar-refractivity contribution in [1.29, 1.82) is 0 Å². The van der Waals surface area contributed by atoms with E-state index in [-0.39, 0.29) is 17.9 Å². The fourth-order valence-electron chi connectivity index (χ4n) is 2.74. The first-order valence-electron chi connectivity index (χ1n) is 7.84. The first-order valence-corrected chi connectivity index (χ1v) is 7.84. The lowest BCUT2D eigenvalue weighted by molar-refractivity contribution is -0.165. The summed E-state index contributed by atoms with van der Waals surface area (Å²) in [6, 6.07) is -0.456. The van der Waals surface area contributed by atoms with Crippen LogP contribution in [-0.4, -0.2) is 34.5 Å². The van der Waals surface area contributed by atoms with Gasteiger partial charge in [0, 0.05) is 11.6 Å². The maximum absolute atomic E-state index is 12.5. The van der Waals surface area contributed by atoms with Gasteiger partial charge in [0.15, 0.2) is 0 Å². The molecule has 1 rings (SSSR count). The molecule has 0 bridgehead atoms. The molecular weight excluding hydrogens is 266 g/mol. The first-order chi connectivity index (χ1) is 9.63. The molecule has 4 heteroatoms. The van der Waals surface area contributed by atoms with E-state index in [1.165, 1.54) is 6.42 Å². The van der Waals surface area contributed by atoms with Gasteiger partial charge in [-0.05, 0) is 47.5 Å². The fourth-order valence-corrected chi connectivity index (χ4v) is 2.74. The molecule has 0 radical (unpaired) electrons. The number of nitrogens with zero attached hydrogens (tertiary/aromatic N) is 1. The van der Waals surface area contributed by atoms with Crippen molar-refractivity contribution in [2.45, 2.75) is 84.4 Å². The summed E-state index contributed by atoms with van der Waals surface area (Å²) in [7, 11) is 0. The Morgan fingerprint density at radius 1 is 1.19 bits per heavy atom. The Hall–Kier alpha value is -1.32. The average molecular weight is 295 g/mol. The zero-order chi connectivity index (χ0) is 16.2. The van der Waals surface area contributed by atoms with Crippen molar-refractivity contribution in [3.63, 3.8) is 0 Å². The molecule has 0 aromatic carbocycles. The molecule has 120 valence electrons. The maximum Gasteiger partial charge on any atom is 0.329 e. The van der Waals surface area contributed by atoms with E-state index in [2.05, 4.69) is 6.58 Å². The highest BCUT2D eigenvalue weighted by molar-refractivity contribution is 5.95. The predicted octanol–water partition coefficient (Wildman–Crippen LogP) is 3.45. The molecule has 1 aliphatic rings. The number of esters is 1. The van der Waals surface area contributed by atoms with E-state index in [9.17, 15) is 9.59 Å². The second-order valence-electron chi connectivity index (χ2n) is 6.99. The minimum absolute atomic E-state index is 0.116. The molecule has 0 saturated heterocycles. The lowest BCUT2D eigenvalue weighted by atomic mass is 9.92. The van der Waals surface area contributed by atoms with Crippen LogP contribution in [0, 0.1) is 0 Å². The highest BCUT2D eigenvalue weighted by Gasteiger charge is 2.35. The second-order valence-corrected chi connectivity index (χ2v) is 6.99. The van der Waals surface area contributed by atoms with Crippen LogP contribution < -0.4 is 0 Å². The second kappa shape index (κ2) is 7.10. The Morgan fingerprint density at radius 2 is 1.71 bits per heavy atom. The topological polar surface area (TPSA) is 46.6 Å². The summed E-state index contributed by atoms with van der Waals surface area (Å²) in [6.07, 6.45) is 5.31. The third kappa shape index (κ3) is 5.18. The normalized spacial score (nSPS) is 18.0. The summed E-state index contributed by atoms with van der Waals surface area (Å²) in [6.45, 7) is 12.7. The molecule has 0 unspecified atom stereocenters. The summed E-state index contributed by atoms with van der Waals surface area (Å²) < 4.78 is 5.44. The van der Waals surface area contributed by atoms with Crippen LogP contribution >= 0.6 is 0 Å². The van der Waals surface area contributed by atoms with Gasteiger partial charge >= 0.3 is 5.97 Å². The van der Waals surface area contributed by atoms with Crippen LogP contribution in [0.4, 0.5) is 0 Å². The summed E-state index contributed by atoms with van der Waals surface area (Å²) in [5.41, 5.74) is -0.0773. The van der Waals surface area contributed by atoms with Gasteiger partial charge in [-0.25, -0.2) is 4.79 Å². The van der Waals surface area contributed by atoms with Crippen molar-refractivity contribution in [3.05, 3.63) is 12.2 Å². The van der Waals surface area contributed by atoms with E-state index < -0.39 is 11.6 Å². The smallest absolute Gasteiger partial charge is 0.329 e. The van der Waals surface area contributed by atoms with Crippen LogP contribution in [0.1, 0.15) is 66.7 Å². The van der Waals surface area contributed by atoms with Gasteiger partial charge in [0.1, 0.15) is 11.6 Å². The summed E-state index contributed by atoms with van der Waals surface area (Å²) >= 11 is 0. The van der Waals surface area contributed by atoms with Crippen molar-refractivity contribution in [3.8, 4) is 0 Å². The van der Waals surface area contributed by atoms with Gasteiger partial charge in [0.05, 0.1) is 0 Å². The van der Waals surface area contributed by atoms with E-state index in [1.54, 1.807) is 18.7 Å². The van der Waals surface area contributed by atoms with E-state index in [4.69, 9.17) is 4.74 Å². The Kier molecular flexibility index (Phi) is 5.99. The zero-order valence-corrected chi connectivity index (χ0v) is 14.1. The van der Waals surface area contributed by atoms with E-state index in [1.807, 2.05) is 20.8 Å². The van der Waals surface area contributed by atoms with Crippen LogP contribution in [0.15, 0.2) is 12.2 Å². The van der Waals surface area contributed by atoms with Crippen molar-refractivity contribution in [2.75, 3.05) is 0 Å². The molecule has 1 fully saturated rings. The lowest BCUT2D eigenvalue weighted by Gasteiger charge is -2.38. The Morgan fingerprint density at radius 3 is 2.14 bits per heavy atom. The Balaban J connectivity index is 2.91. The first kappa shape index (κ1) is 17.7. The third-order valence-electron chi connectivity index (χ3n) is 3.73. The minimum atomic E-state index is -0.573. The van der Waals surface area contributed by atoms with E-state index >= 15 is 0 Å². The van der Waals surface area contributed by atoms with Crippen molar-refractivity contribution in [1.82, 2.24) is 4.90 Å². The molecule has 1 aliphatic carbocycles. The quantitative estimate of drug-likeness (QED) is 0.589. The molecule has 1 amide bonds. The molecule has 4 nitrogen and oxygen atoms in total. The number of carbonyl (C=O) groups is 2. The van der Waals surface area contributed by atoms with Crippen molar-refractivity contribution < 1.29 is 14.3 Å². The lowest BCUT2D eigenvalue weighted by Crippen LogP contribution is -2.51. The van der Waals surface area contributed by atoms with Gasteiger partial charge in [0.25, 0.3) is 0 Å². The van der Waals surface area contributed by atoms with Crippen LogP contribution in [-0.2, 0) is 14.3 Å². The number of ether oxygens (including phenoxy) is 1. The van der Waals surface area contributed by atoms with Gasteiger partial charge in [-0.3, -0.25) is 4.79 Å². The van der Waals surface area contributed by atoms with E-state index in [0.29, 0.717) is 5.57 Å². The number of hydrogen-bond acceptors (Lipinski definition) is 3. The highest BCUT2D eigenvalue weighted by atomic mass is 16.6. The highest BCUT2D eigenvalue weighted by Crippen LogP contribution is 2.26. The Bertz CT molecular complexity index is 403. The standard InChI is InChI=1S/C17H29NO3/c1-12(2)15(19)18(14-10-8-7-9-11-14)13(3)16(20)21-17(4,5)6/h13-14H,1,7-11H2,2-6H3/t13-/m0/s1. The van der Waals surface area contributed by atoms with Crippen LogP contribution in [0.2, 0.25) is 0 Å². The fraction of sp³-hybridized carbons (Fsp3) is 0.765. The number of carbonyl (C=O) groups excluding carboxylic acids is 2. The number of rotatable bonds is 4. The van der Waals surface area contributed by atoms with Gasteiger partial charge < -0.3 is 9.64 Å². The Labute approximate surface area is 128 Å². The molecule has 1 saturated carbocycles. The number of hydrogen-bond donors (Lipinski definition) is 0. The molecule has 21 heavy (non-hydrogen) atoms. The summed E-state index contributed by atoms with van der Waals surface area (Å²) in [5.74, 6) is -0.483. The maximum atomic E-state index is 12.5. The summed E-state index contributed by atoms with van der Waals surface area (Å²) in [4.78, 5) is 26.5. The molecule has 0 aromatic heterocycles. The molecule has 1 atom stereocenters. The molecule has 0 spiro atoms. The van der Waals surface area contributed by atoms with E-state index in [0.717, 1.165) is 25.7 Å². The monoisotopic (exact) mass is 295 g/mol. The molecular formula is C17H29NO3. The van der Waals surface area contributed by atoms with Crippen LogP contribution in [0.5, 0.6) is 0 Å². The third-order valence-corrected chi connectivity index (χ3v) is 3.73. The predicted molar refractivity (Wildman–Crippen MR) is 83.8 cm³/mol. The summed E-state index contributed by atoms with van der Waals surface area (Å²) in [5, 5.41) is 0. The molecule has 0 aromatic rings. The van der Waals surface area contributed by atoms with Crippen molar-refractivity contribution >= 4 is 11.9 Å². The molecule has 0 N–H and O–H groups in total. The van der Waals surface area contributed by atoms with Crippen LogP contribution in [0.25, 0.3) is 0 Å². The molecule has 0 aliphatic heterocycles. The van der Waals surface area contributed by atoms with Crippen LogP contribution in [0.3, 0.4) is 0 Å². The minimum Gasteiger partial charge on any atom is -0.458 e. The van der Waals surface area contributed by atoms with Gasteiger partial charge in [-0.15, -0.1) is 0 Å². The molecule has 0 heterocycles. The SMILES string of the molecule is C=C(C)C(=O)N(C1CCCCC1)[C@@H](C)C(=O)OC(C)(C)C. The zero-order valence-electron chi connectivity index (χ0n) is 14.1.